The van der Waals surface area contributed by atoms with Gasteiger partial charge in [0.05, 0.1) is 20.2 Å². The molecule has 0 fully saturated rings. The van der Waals surface area contributed by atoms with Gasteiger partial charge < -0.3 is 9.11 Å². The first-order valence-electron chi connectivity index (χ1n) is 6.29. The van der Waals surface area contributed by atoms with Crippen LogP contribution in [0.25, 0.3) is 0 Å². The van der Waals surface area contributed by atoms with Crippen molar-refractivity contribution >= 4 is 54.0 Å². The Morgan fingerprint density at radius 2 is 1.00 bits per heavy atom. The van der Waals surface area contributed by atoms with E-state index in [0.29, 0.717) is 23.5 Å². The quantitative estimate of drug-likeness (QED) is 0.273. The molecule has 1 rings (SSSR count). The molecule has 0 saturated carbocycles. The second-order valence-corrected chi connectivity index (χ2v) is 9.56. The predicted molar refractivity (Wildman–Crippen MR) is 89.1 cm³/mol. The molecule has 0 unspecified atom stereocenters. The number of thioether (sulfide) groups is 2. The second-order valence-electron chi connectivity index (χ2n) is 4.37. The van der Waals surface area contributed by atoms with Crippen molar-refractivity contribution in [3.63, 3.8) is 0 Å². The van der Waals surface area contributed by atoms with Crippen LogP contribution in [-0.2, 0) is 20.2 Å². The largest absolute Gasteiger partial charge is 1.00 e. The maximum Gasteiger partial charge on any atom is 1.00 e. The maximum atomic E-state index is 11.8. The SMILES string of the molecule is O=C(SCCS(=O)(=O)[O-])c1ccc(C(=O)SCCS(=O)(=O)[O-])cc1.[Na+].[Na+]. The summed E-state index contributed by atoms with van der Waals surface area (Å²) in [5.74, 6) is -1.63. The van der Waals surface area contributed by atoms with Crippen LogP contribution in [0.15, 0.2) is 24.3 Å². The molecule has 0 amide bonds. The Balaban J connectivity index is 0. The fourth-order valence-electron chi connectivity index (χ4n) is 1.38. The summed E-state index contributed by atoms with van der Waals surface area (Å²) >= 11 is 1.36. The fourth-order valence-corrected chi connectivity index (χ4v) is 4.66. The second kappa shape index (κ2) is 13.3. The van der Waals surface area contributed by atoms with Gasteiger partial charge >= 0.3 is 59.1 Å². The predicted octanol–water partition coefficient (Wildman–Crippen LogP) is -5.47. The summed E-state index contributed by atoms with van der Waals surface area (Å²) in [6.45, 7) is 0. The minimum Gasteiger partial charge on any atom is -0.748 e. The van der Waals surface area contributed by atoms with Gasteiger partial charge in [0.25, 0.3) is 0 Å². The normalized spacial score (nSPS) is 11.2. The Bertz CT molecular complexity index is 737. The molecular weight excluding hydrogens is 446 g/mol. The van der Waals surface area contributed by atoms with E-state index in [1.165, 1.54) is 24.3 Å². The first-order valence-corrected chi connectivity index (χ1v) is 11.4. The molecule has 0 atom stereocenters. The van der Waals surface area contributed by atoms with Crippen LogP contribution >= 0.6 is 23.5 Å². The van der Waals surface area contributed by atoms with Gasteiger partial charge in [-0.1, -0.05) is 23.5 Å². The zero-order chi connectivity index (χ0) is 18.4. The van der Waals surface area contributed by atoms with Gasteiger partial charge in [-0.3, -0.25) is 9.59 Å². The van der Waals surface area contributed by atoms with Crippen molar-refractivity contribution in [2.75, 3.05) is 23.0 Å². The maximum absolute atomic E-state index is 11.8. The van der Waals surface area contributed by atoms with Gasteiger partial charge in [0, 0.05) is 34.1 Å². The number of carbonyl (C=O) groups excluding carboxylic acids is 2. The Kier molecular flexibility index (Phi) is 15.0. The van der Waals surface area contributed by atoms with Crippen molar-refractivity contribution in [2.24, 2.45) is 0 Å². The van der Waals surface area contributed by atoms with Gasteiger partial charge in [-0.15, -0.1) is 0 Å². The molecule has 0 aromatic heterocycles. The number of benzene rings is 1. The molecule has 0 heterocycles. The van der Waals surface area contributed by atoms with Crippen molar-refractivity contribution < 1.29 is 94.6 Å². The molecule has 1 aromatic rings. The van der Waals surface area contributed by atoms with E-state index in [2.05, 4.69) is 0 Å². The first-order chi connectivity index (χ1) is 11.0. The van der Waals surface area contributed by atoms with E-state index in [1.54, 1.807) is 0 Å². The number of hydrogen-bond acceptors (Lipinski definition) is 10. The Labute approximate surface area is 204 Å². The summed E-state index contributed by atoms with van der Waals surface area (Å²) in [6.07, 6.45) is 0. The molecule has 0 aliphatic carbocycles. The molecule has 0 aliphatic heterocycles. The van der Waals surface area contributed by atoms with Gasteiger partial charge in [-0.05, 0) is 24.3 Å². The van der Waals surface area contributed by atoms with Gasteiger partial charge in [0.2, 0.25) is 10.2 Å². The molecular formula is C12H12Na2O8S4. The smallest absolute Gasteiger partial charge is 0.748 e. The Hall–Kier alpha value is 1.08. The van der Waals surface area contributed by atoms with Crippen LogP contribution < -0.4 is 59.1 Å². The van der Waals surface area contributed by atoms with E-state index < -0.39 is 42.0 Å². The first kappa shape index (κ1) is 29.3. The summed E-state index contributed by atoms with van der Waals surface area (Å²) in [4.78, 5) is 23.5. The van der Waals surface area contributed by atoms with Gasteiger partial charge in [0.1, 0.15) is 0 Å². The standard InChI is InChI=1S/C12H14O8S4.2Na/c13-11(21-5-7-23(15,16)17)9-1-2-10(4-3-9)12(14)22-6-8-24(18,19)20;;/h1-4H,5-8H2,(H,15,16,17)(H,18,19,20);;/q;2*+1/p-2. The molecule has 0 radical (unpaired) electrons. The molecule has 134 valence electrons. The molecule has 0 aliphatic rings. The van der Waals surface area contributed by atoms with Gasteiger partial charge in [-0.25, -0.2) is 16.8 Å². The van der Waals surface area contributed by atoms with Crippen molar-refractivity contribution in [1.82, 2.24) is 0 Å². The minimum atomic E-state index is -4.37. The molecule has 8 nitrogen and oxygen atoms in total. The summed E-state index contributed by atoms with van der Waals surface area (Å²) < 4.78 is 62.6. The Morgan fingerprint density at radius 3 is 1.23 bits per heavy atom. The molecule has 14 heteroatoms. The van der Waals surface area contributed by atoms with E-state index in [-0.39, 0.29) is 81.7 Å². The van der Waals surface area contributed by atoms with Crippen LogP contribution in [0.1, 0.15) is 20.7 Å². The van der Waals surface area contributed by atoms with E-state index in [1.807, 2.05) is 0 Å². The molecule has 0 N–H and O–H groups in total. The summed E-state index contributed by atoms with van der Waals surface area (Å²) in [5.41, 5.74) is 0.457. The zero-order valence-electron chi connectivity index (χ0n) is 14.0. The van der Waals surface area contributed by atoms with Crippen LogP contribution in [0.5, 0.6) is 0 Å². The topological polar surface area (TPSA) is 149 Å². The van der Waals surface area contributed by atoms with Crippen LogP contribution in [0.4, 0.5) is 0 Å². The van der Waals surface area contributed by atoms with Crippen LogP contribution in [0, 0.1) is 0 Å². The van der Waals surface area contributed by atoms with Crippen molar-refractivity contribution in [3.05, 3.63) is 35.4 Å². The third-order valence-electron chi connectivity index (χ3n) is 2.49. The van der Waals surface area contributed by atoms with Crippen LogP contribution in [-0.4, -0.2) is 59.2 Å². The molecule has 1 aromatic carbocycles. The fraction of sp³-hybridized carbons (Fsp3) is 0.333. The zero-order valence-corrected chi connectivity index (χ0v) is 21.3. The van der Waals surface area contributed by atoms with E-state index >= 15 is 0 Å². The van der Waals surface area contributed by atoms with E-state index in [0.717, 1.165) is 0 Å². The molecule has 0 spiro atoms. The van der Waals surface area contributed by atoms with E-state index in [4.69, 9.17) is 0 Å². The number of hydrogen-bond donors (Lipinski definition) is 0. The van der Waals surface area contributed by atoms with Gasteiger partial charge in [0.15, 0.2) is 0 Å². The number of rotatable bonds is 8. The third kappa shape index (κ3) is 13.3. The average molecular weight is 458 g/mol. The Morgan fingerprint density at radius 1 is 0.731 bits per heavy atom. The summed E-state index contributed by atoms with van der Waals surface area (Å²) in [6, 6.07) is 5.44. The summed E-state index contributed by atoms with van der Waals surface area (Å²) in [7, 11) is -8.75. The summed E-state index contributed by atoms with van der Waals surface area (Å²) in [5, 5.41) is -0.884. The molecule has 0 saturated heterocycles. The monoisotopic (exact) mass is 458 g/mol. The van der Waals surface area contributed by atoms with Crippen molar-refractivity contribution in [3.8, 4) is 0 Å². The van der Waals surface area contributed by atoms with Crippen molar-refractivity contribution in [2.45, 2.75) is 0 Å². The van der Waals surface area contributed by atoms with Crippen LogP contribution in [0.3, 0.4) is 0 Å². The van der Waals surface area contributed by atoms with Gasteiger partial charge in [-0.2, -0.15) is 0 Å². The third-order valence-corrected chi connectivity index (χ3v) is 6.23. The molecule has 26 heavy (non-hydrogen) atoms. The van der Waals surface area contributed by atoms with E-state index in [9.17, 15) is 35.5 Å². The number of carbonyl (C=O) groups is 2. The van der Waals surface area contributed by atoms with Crippen molar-refractivity contribution in [1.29, 1.82) is 0 Å². The van der Waals surface area contributed by atoms with Crippen LogP contribution in [0.2, 0.25) is 0 Å². The molecule has 0 bridgehead atoms. The minimum absolute atomic E-state index is 0. The average Bonchev–Trinajstić information content (AvgIpc) is 2.44.